The van der Waals surface area contributed by atoms with Gasteiger partial charge in [-0.15, -0.1) is 0 Å². The number of aromatic amines is 1. The third kappa shape index (κ3) is 3.16. The lowest BCUT2D eigenvalue weighted by Gasteiger charge is -2.03. The summed E-state index contributed by atoms with van der Waals surface area (Å²) in [6.07, 6.45) is 1.47. The maximum absolute atomic E-state index is 11.3. The lowest BCUT2D eigenvalue weighted by atomic mass is 10.1. The average Bonchev–Trinajstić information content (AvgIpc) is 2.94. The first-order valence-corrected chi connectivity index (χ1v) is 7.58. The van der Waals surface area contributed by atoms with Crippen LogP contribution in [0.4, 0.5) is 0 Å². The normalized spacial score (nSPS) is 11.0. The molecular formula is C17H14N4O2S. The Morgan fingerprint density at radius 3 is 2.83 bits per heavy atom. The van der Waals surface area contributed by atoms with Gasteiger partial charge in [0.15, 0.2) is 5.82 Å². The topological polar surface area (TPSA) is 83.3 Å². The Hall–Kier alpha value is -3.06. The molecule has 0 radical (unpaired) electrons. The molecule has 0 saturated carbocycles. The number of H-pyrrole nitrogens is 1. The molecule has 120 valence electrons. The Balaban J connectivity index is 2.05. The third-order valence-electron chi connectivity index (χ3n) is 3.43. The van der Waals surface area contributed by atoms with Gasteiger partial charge in [0, 0.05) is 11.1 Å². The van der Waals surface area contributed by atoms with Gasteiger partial charge >= 0.3 is 5.97 Å². The molecule has 2 aromatic carbocycles. The van der Waals surface area contributed by atoms with Gasteiger partial charge in [0.2, 0.25) is 4.77 Å². The van der Waals surface area contributed by atoms with Crippen LogP contribution in [0.5, 0.6) is 0 Å². The number of rotatable bonds is 4. The van der Waals surface area contributed by atoms with Crippen LogP contribution in [0.1, 0.15) is 21.5 Å². The van der Waals surface area contributed by atoms with Gasteiger partial charge in [0.05, 0.1) is 11.8 Å². The Kier molecular flexibility index (Phi) is 4.35. The van der Waals surface area contributed by atoms with E-state index in [9.17, 15) is 9.90 Å². The zero-order valence-electron chi connectivity index (χ0n) is 12.8. The van der Waals surface area contributed by atoms with Crippen LogP contribution >= 0.6 is 12.2 Å². The lowest BCUT2D eigenvalue weighted by molar-refractivity contribution is 0.0697. The molecule has 1 heterocycles. The molecule has 0 bridgehead atoms. The summed E-state index contributed by atoms with van der Waals surface area (Å²) >= 11 is 5.22. The highest BCUT2D eigenvalue weighted by Crippen LogP contribution is 2.18. The highest BCUT2D eigenvalue weighted by atomic mass is 32.1. The Bertz CT molecular complexity index is 988. The van der Waals surface area contributed by atoms with Gasteiger partial charge in [-0.1, -0.05) is 42.0 Å². The highest BCUT2D eigenvalue weighted by molar-refractivity contribution is 7.71. The number of nitrogens with one attached hydrogen (secondary N) is 1. The molecule has 0 aliphatic carbocycles. The number of hydrogen-bond donors (Lipinski definition) is 2. The maximum Gasteiger partial charge on any atom is 0.336 e. The third-order valence-corrected chi connectivity index (χ3v) is 3.69. The zero-order chi connectivity index (χ0) is 17.1. The van der Waals surface area contributed by atoms with E-state index in [2.05, 4.69) is 15.3 Å². The van der Waals surface area contributed by atoms with Gasteiger partial charge in [-0.25, -0.2) is 9.89 Å². The van der Waals surface area contributed by atoms with Crippen LogP contribution < -0.4 is 0 Å². The predicted molar refractivity (Wildman–Crippen MR) is 94.0 cm³/mol. The van der Waals surface area contributed by atoms with E-state index in [4.69, 9.17) is 12.2 Å². The molecule has 24 heavy (non-hydrogen) atoms. The van der Waals surface area contributed by atoms with Gasteiger partial charge in [-0.05, 0) is 31.3 Å². The van der Waals surface area contributed by atoms with Crippen LogP contribution in [0.2, 0.25) is 0 Å². The maximum atomic E-state index is 11.3. The van der Waals surface area contributed by atoms with Gasteiger partial charge in [-0.3, -0.25) is 0 Å². The molecule has 0 aliphatic rings. The van der Waals surface area contributed by atoms with Crippen LogP contribution in [0.15, 0.2) is 53.6 Å². The minimum Gasteiger partial charge on any atom is -0.478 e. The fraction of sp³-hybridized carbons (Fsp3) is 0.0588. The number of benzene rings is 2. The number of aromatic nitrogens is 3. The summed E-state index contributed by atoms with van der Waals surface area (Å²) in [7, 11) is 0. The molecule has 0 unspecified atom stereocenters. The van der Waals surface area contributed by atoms with Crippen LogP contribution in [-0.4, -0.2) is 32.2 Å². The van der Waals surface area contributed by atoms with Crippen molar-refractivity contribution >= 4 is 24.4 Å². The fourth-order valence-electron chi connectivity index (χ4n) is 2.29. The molecule has 3 aromatic rings. The van der Waals surface area contributed by atoms with Crippen molar-refractivity contribution in [1.29, 1.82) is 0 Å². The van der Waals surface area contributed by atoms with Crippen molar-refractivity contribution in [1.82, 2.24) is 14.9 Å². The van der Waals surface area contributed by atoms with Crippen molar-refractivity contribution < 1.29 is 9.90 Å². The summed E-state index contributed by atoms with van der Waals surface area (Å²) in [5.41, 5.74) is 2.62. The Labute approximate surface area is 143 Å². The highest BCUT2D eigenvalue weighted by Gasteiger charge is 2.10. The van der Waals surface area contributed by atoms with E-state index in [0.717, 1.165) is 11.1 Å². The molecule has 0 atom stereocenters. The summed E-state index contributed by atoms with van der Waals surface area (Å²) in [6.45, 7) is 1.99. The van der Waals surface area contributed by atoms with Gasteiger partial charge in [0.1, 0.15) is 0 Å². The quantitative estimate of drug-likeness (QED) is 0.563. The standard InChI is InChI=1S/C17H14N4O2S/c1-11-5-4-7-12(9-11)15-19-20-17(24)21(15)18-10-13-6-2-3-8-14(13)16(22)23/h2-10H,1H3,(H,20,24)(H,22,23)/b18-10-. The number of aromatic carboxylic acids is 1. The van der Waals surface area contributed by atoms with Crippen LogP contribution in [0, 0.1) is 11.7 Å². The zero-order valence-corrected chi connectivity index (χ0v) is 13.6. The van der Waals surface area contributed by atoms with E-state index in [1.807, 2.05) is 31.2 Å². The second-order valence-corrected chi connectivity index (χ2v) is 5.56. The van der Waals surface area contributed by atoms with Crippen molar-refractivity contribution in [3.05, 3.63) is 70.0 Å². The van der Waals surface area contributed by atoms with E-state index in [1.54, 1.807) is 18.2 Å². The largest absolute Gasteiger partial charge is 0.478 e. The van der Waals surface area contributed by atoms with E-state index in [0.29, 0.717) is 16.2 Å². The molecule has 3 rings (SSSR count). The van der Waals surface area contributed by atoms with Gasteiger partial charge < -0.3 is 5.11 Å². The van der Waals surface area contributed by atoms with E-state index in [1.165, 1.54) is 17.0 Å². The predicted octanol–water partition coefficient (Wildman–Crippen LogP) is 3.50. The number of carboxylic acid groups (broad SMARTS) is 1. The minimum absolute atomic E-state index is 0.174. The van der Waals surface area contributed by atoms with Crippen LogP contribution in [-0.2, 0) is 0 Å². The van der Waals surface area contributed by atoms with Gasteiger partial charge in [-0.2, -0.15) is 14.9 Å². The van der Waals surface area contributed by atoms with Gasteiger partial charge in [0.25, 0.3) is 0 Å². The summed E-state index contributed by atoms with van der Waals surface area (Å²) < 4.78 is 1.80. The van der Waals surface area contributed by atoms with E-state index in [-0.39, 0.29) is 5.56 Å². The summed E-state index contributed by atoms with van der Waals surface area (Å²) in [5.74, 6) is -0.445. The van der Waals surface area contributed by atoms with Crippen molar-refractivity contribution in [2.75, 3.05) is 0 Å². The number of nitrogens with zero attached hydrogens (tertiary/aromatic N) is 3. The van der Waals surface area contributed by atoms with Crippen LogP contribution in [0.25, 0.3) is 11.4 Å². The number of aryl methyl sites for hydroxylation is 1. The molecule has 7 heteroatoms. The second-order valence-electron chi connectivity index (χ2n) is 5.17. The van der Waals surface area contributed by atoms with E-state index < -0.39 is 5.97 Å². The molecule has 0 fully saturated rings. The molecule has 0 saturated heterocycles. The molecular weight excluding hydrogens is 324 g/mol. The molecule has 2 N–H and O–H groups in total. The first-order valence-electron chi connectivity index (χ1n) is 7.17. The second kappa shape index (κ2) is 6.59. The van der Waals surface area contributed by atoms with Crippen molar-refractivity contribution in [3.63, 3.8) is 0 Å². The monoisotopic (exact) mass is 338 g/mol. The van der Waals surface area contributed by atoms with E-state index >= 15 is 0 Å². The fourth-order valence-corrected chi connectivity index (χ4v) is 2.47. The summed E-state index contributed by atoms with van der Waals surface area (Å²) in [5, 5.41) is 20.5. The molecule has 0 spiro atoms. The molecule has 1 aromatic heterocycles. The number of carboxylic acids is 1. The average molecular weight is 338 g/mol. The molecule has 6 nitrogen and oxygen atoms in total. The SMILES string of the molecule is Cc1cccc(-c2n[nH]c(=S)n2/N=C\c2ccccc2C(=O)O)c1. The number of hydrogen-bond acceptors (Lipinski definition) is 4. The van der Waals surface area contributed by atoms with Crippen LogP contribution in [0.3, 0.4) is 0 Å². The molecule has 0 aliphatic heterocycles. The minimum atomic E-state index is -1.01. The summed E-state index contributed by atoms with van der Waals surface area (Å²) in [4.78, 5) is 11.3. The smallest absolute Gasteiger partial charge is 0.336 e. The first-order chi connectivity index (χ1) is 11.6. The van der Waals surface area contributed by atoms with Crippen molar-refractivity contribution in [3.8, 4) is 11.4 Å². The Morgan fingerprint density at radius 1 is 1.29 bits per heavy atom. The molecule has 0 amide bonds. The Morgan fingerprint density at radius 2 is 2.08 bits per heavy atom. The first kappa shape index (κ1) is 15.8. The van der Waals surface area contributed by atoms with Crippen molar-refractivity contribution in [2.45, 2.75) is 6.92 Å². The summed E-state index contributed by atoms with van der Waals surface area (Å²) in [6, 6.07) is 14.4. The lowest BCUT2D eigenvalue weighted by Crippen LogP contribution is -2.02. The number of carbonyl (C=O) groups is 1. The van der Waals surface area contributed by atoms with Crippen molar-refractivity contribution in [2.24, 2.45) is 5.10 Å².